The Hall–Kier alpha value is -2.51. The Morgan fingerprint density at radius 2 is 1.82 bits per heavy atom. The first-order chi connectivity index (χ1) is 16.4. The summed E-state index contributed by atoms with van der Waals surface area (Å²) in [6, 6.07) is 10.8. The fourth-order valence-corrected chi connectivity index (χ4v) is 4.10. The van der Waals surface area contributed by atoms with Crippen LogP contribution in [-0.4, -0.2) is 51.7 Å². The minimum atomic E-state index is -0.335. The van der Waals surface area contributed by atoms with Gasteiger partial charge in [0.15, 0.2) is 0 Å². The van der Waals surface area contributed by atoms with Crippen molar-refractivity contribution < 1.29 is 14.6 Å². The number of anilines is 1. The first-order valence-corrected chi connectivity index (χ1v) is 12.5. The maximum Gasteiger partial charge on any atom is 0.223 e. The SMILES string of the molecule is CCCC(=O)N1Cc2nc(NC3CCOCC3)ncc2C1(C)C.CCO.CCc1ccccc1. The molecule has 1 saturated heterocycles. The van der Waals surface area contributed by atoms with E-state index in [1.165, 1.54) is 5.56 Å². The molecular weight excluding hydrogens is 428 g/mol. The number of hydrogen-bond donors (Lipinski definition) is 2. The summed E-state index contributed by atoms with van der Waals surface area (Å²) < 4.78 is 5.38. The Morgan fingerprint density at radius 3 is 2.38 bits per heavy atom. The fraction of sp³-hybridized carbons (Fsp3) is 0.593. The molecule has 4 rings (SSSR count). The summed E-state index contributed by atoms with van der Waals surface area (Å²) in [5.41, 5.74) is 3.09. The Balaban J connectivity index is 0.000000309. The molecule has 3 heterocycles. The van der Waals surface area contributed by atoms with Crippen molar-refractivity contribution in [3.8, 4) is 0 Å². The van der Waals surface area contributed by atoms with E-state index in [1.54, 1.807) is 6.92 Å². The lowest BCUT2D eigenvalue weighted by atomic mass is 9.97. The van der Waals surface area contributed by atoms with Gasteiger partial charge in [0.2, 0.25) is 11.9 Å². The highest BCUT2D eigenvalue weighted by Gasteiger charge is 2.41. The van der Waals surface area contributed by atoms with Crippen LogP contribution >= 0.6 is 0 Å². The Kier molecular flexibility index (Phi) is 11.4. The van der Waals surface area contributed by atoms with Gasteiger partial charge in [0.05, 0.1) is 17.8 Å². The number of ether oxygens (including phenoxy) is 1. The molecule has 1 amide bonds. The quantitative estimate of drug-likeness (QED) is 0.659. The number of aromatic nitrogens is 2. The largest absolute Gasteiger partial charge is 0.397 e. The minimum absolute atomic E-state index is 0.189. The summed E-state index contributed by atoms with van der Waals surface area (Å²) in [6.07, 6.45) is 6.42. The molecule has 2 aliphatic heterocycles. The van der Waals surface area contributed by atoms with Crippen molar-refractivity contribution in [1.29, 1.82) is 0 Å². The molecule has 0 saturated carbocycles. The van der Waals surface area contributed by atoms with Crippen molar-refractivity contribution in [1.82, 2.24) is 14.9 Å². The number of aryl methyl sites for hydroxylation is 1. The molecule has 1 fully saturated rings. The molecule has 1 aromatic heterocycles. The van der Waals surface area contributed by atoms with E-state index in [0.717, 1.165) is 50.2 Å². The van der Waals surface area contributed by atoms with Crippen molar-refractivity contribution >= 4 is 11.9 Å². The monoisotopic (exact) mass is 470 g/mol. The molecule has 2 aromatic rings. The maximum atomic E-state index is 12.4. The minimum Gasteiger partial charge on any atom is -0.397 e. The molecule has 7 nitrogen and oxygen atoms in total. The van der Waals surface area contributed by atoms with E-state index in [2.05, 4.69) is 60.3 Å². The van der Waals surface area contributed by atoms with Crippen LogP contribution in [0.25, 0.3) is 0 Å². The van der Waals surface area contributed by atoms with E-state index in [9.17, 15) is 4.79 Å². The summed E-state index contributed by atoms with van der Waals surface area (Å²) in [6.45, 7) is 12.4. The molecule has 0 unspecified atom stereocenters. The first kappa shape index (κ1) is 27.7. The van der Waals surface area contributed by atoms with Gasteiger partial charge in [0.1, 0.15) is 0 Å². The molecule has 188 valence electrons. The summed E-state index contributed by atoms with van der Waals surface area (Å²) >= 11 is 0. The third-order valence-electron chi connectivity index (χ3n) is 6.08. The van der Waals surface area contributed by atoms with Gasteiger partial charge in [-0.2, -0.15) is 0 Å². The number of hydrogen-bond acceptors (Lipinski definition) is 6. The average Bonchev–Trinajstić information content (AvgIpc) is 3.11. The maximum absolute atomic E-state index is 12.4. The second-order valence-electron chi connectivity index (χ2n) is 9.03. The molecule has 2 N–H and O–H groups in total. The molecule has 0 radical (unpaired) electrons. The van der Waals surface area contributed by atoms with Gasteiger partial charge in [-0.3, -0.25) is 4.79 Å². The predicted octanol–water partition coefficient (Wildman–Crippen LogP) is 4.69. The molecule has 2 aliphatic rings. The summed E-state index contributed by atoms with van der Waals surface area (Å²) in [5.74, 6) is 0.852. The summed E-state index contributed by atoms with van der Waals surface area (Å²) in [4.78, 5) is 23.5. The van der Waals surface area contributed by atoms with Gasteiger partial charge in [-0.15, -0.1) is 0 Å². The number of amides is 1. The van der Waals surface area contributed by atoms with E-state index in [0.29, 0.717) is 25.0 Å². The van der Waals surface area contributed by atoms with Crippen LogP contribution in [-0.2, 0) is 28.0 Å². The first-order valence-electron chi connectivity index (χ1n) is 12.5. The molecule has 0 aliphatic carbocycles. The van der Waals surface area contributed by atoms with Crippen molar-refractivity contribution in [2.24, 2.45) is 0 Å². The van der Waals surface area contributed by atoms with Gasteiger partial charge in [-0.05, 0) is 52.0 Å². The third-order valence-corrected chi connectivity index (χ3v) is 6.08. The zero-order valence-electron chi connectivity index (χ0n) is 21.5. The number of carbonyl (C=O) groups excluding carboxylic acids is 1. The lowest BCUT2D eigenvalue weighted by molar-refractivity contribution is -0.136. The average molecular weight is 471 g/mol. The summed E-state index contributed by atoms with van der Waals surface area (Å²) in [5, 5.41) is 11.0. The Morgan fingerprint density at radius 1 is 1.18 bits per heavy atom. The third kappa shape index (κ3) is 7.77. The van der Waals surface area contributed by atoms with E-state index in [-0.39, 0.29) is 18.1 Å². The number of carbonyl (C=O) groups is 1. The van der Waals surface area contributed by atoms with Gasteiger partial charge in [0.25, 0.3) is 0 Å². The van der Waals surface area contributed by atoms with Crippen LogP contribution in [0.1, 0.15) is 77.1 Å². The van der Waals surface area contributed by atoms with Crippen LogP contribution in [0.2, 0.25) is 0 Å². The zero-order valence-corrected chi connectivity index (χ0v) is 21.5. The van der Waals surface area contributed by atoms with Crippen LogP contribution in [0.4, 0.5) is 5.95 Å². The molecule has 0 spiro atoms. The highest BCUT2D eigenvalue weighted by molar-refractivity contribution is 5.78. The van der Waals surface area contributed by atoms with Gasteiger partial charge in [-0.1, -0.05) is 44.2 Å². The van der Waals surface area contributed by atoms with Gasteiger partial charge < -0.3 is 20.1 Å². The number of fused-ring (bicyclic) bond motifs is 1. The molecule has 0 atom stereocenters. The van der Waals surface area contributed by atoms with Crippen LogP contribution in [0, 0.1) is 0 Å². The van der Waals surface area contributed by atoms with Crippen molar-refractivity contribution in [2.45, 2.75) is 84.8 Å². The number of nitrogens with one attached hydrogen (secondary N) is 1. The van der Waals surface area contributed by atoms with E-state index in [4.69, 9.17) is 9.84 Å². The van der Waals surface area contributed by atoms with Crippen molar-refractivity contribution in [2.75, 3.05) is 25.1 Å². The van der Waals surface area contributed by atoms with Crippen molar-refractivity contribution in [3.63, 3.8) is 0 Å². The van der Waals surface area contributed by atoms with E-state index in [1.807, 2.05) is 24.1 Å². The number of nitrogens with zero attached hydrogens (tertiary/aromatic N) is 3. The number of benzene rings is 1. The molecule has 0 bridgehead atoms. The highest BCUT2D eigenvalue weighted by atomic mass is 16.5. The molecule has 7 heteroatoms. The molecule has 1 aromatic carbocycles. The smallest absolute Gasteiger partial charge is 0.223 e. The lowest BCUT2D eigenvalue weighted by Crippen LogP contribution is -2.40. The van der Waals surface area contributed by atoms with Gasteiger partial charge in [0, 0.05) is 44.0 Å². The van der Waals surface area contributed by atoms with E-state index < -0.39 is 0 Å². The second-order valence-corrected chi connectivity index (χ2v) is 9.03. The fourth-order valence-electron chi connectivity index (χ4n) is 4.10. The second kappa shape index (κ2) is 14.0. The van der Waals surface area contributed by atoms with Crippen LogP contribution < -0.4 is 5.32 Å². The predicted molar refractivity (Wildman–Crippen MR) is 137 cm³/mol. The van der Waals surface area contributed by atoms with Crippen LogP contribution in [0.15, 0.2) is 36.5 Å². The van der Waals surface area contributed by atoms with Crippen LogP contribution in [0.3, 0.4) is 0 Å². The number of rotatable bonds is 5. The highest BCUT2D eigenvalue weighted by Crippen LogP contribution is 2.38. The van der Waals surface area contributed by atoms with Crippen molar-refractivity contribution in [3.05, 3.63) is 53.3 Å². The zero-order chi connectivity index (χ0) is 25.0. The lowest BCUT2D eigenvalue weighted by Gasteiger charge is -2.32. The number of aliphatic hydroxyl groups is 1. The molecular formula is C27H42N4O3. The van der Waals surface area contributed by atoms with E-state index >= 15 is 0 Å². The Bertz CT molecular complexity index is 867. The van der Waals surface area contributed by atoms with Crippen LogP contribution in [0.5, 0.6) is 0 Å². The number of aliphatic hydroxyl groups excluding tert-OH is 1. The Labute approximate surface area is 205 Å². The van der Waals surface area contributed by atoms with Gasteiger partial charge in [-0.25, -0.2) is 9.97 Å². The summed E-state index contributed by atoms with van der Waals surface area (Å²) in [7, 11) is 0. The van der Waals surface area contributed by atoms with Gasteiger partial charge >= 0.3 is 0 Å². The normalized spacial score (nSPS) is 16.5. The molecule has 34 heavy (non-hydrogen) atoms. The topological polar surface area (TPSA) is 87.6 Å². The standard InChI is InChI=1S/C17H26N4O2.C8H10.C2H6O/c1-4-5-15(22)21-11-14-13(17(21,2)3)10-18-16(20-14)19-12-6-8-23-9-7-12;1-2-8-6-4-3-5-7-8;1-2-3/h10,12H,4-9,11H2,1-3H3,(H,18,19,20);3-7H,2H2,1H3;3H,2H2,1H3.